The molecule has 0 radical (unpaired) electrons. The van der Waals surface area contributed by atoms with Gasteiger partial charge in [-0.05, 0) is 36.2 Å². The lowest BCUT2D eigenvalue weighted by Gasteiger charge is -2.14. The van der Waals surface area contributed by atoms with Crippen molar-refractivity contribution in [2.75, 3.05) is 5.32 Å². The van der Waals surface area contributed by atoms with Crippen molar-refractivity contribution in [3.63, 3.8) is 0 Å². The first-order chi connectivity index (χ1) is 9.08. The molecule has 98 valence electrons. The number of thiocarbonyl (C=S) groups is 1. The van der Waals surface area contributed by atoms with E-state index < -0.39 is 0 Å². The molecule has 0 unspecified atom stereocenters. The summed E-state index contributed by atoms with van der Waals surface area (Å²) in [5.74, 6) is -0.233. The Balaban J connectivity index is 2.19. The van der Waals surface area contributed by atoms with Crippen molar-refractivity contribution in [2.24, 2.45) is 5.73 Å². The Bertz CT molecular complexity index is 594. The van der Waals surface area contributed by atoms with Crippen molar-refractivity contribution in [1.29, 1.82) is 0 Å². The van der Waals surface area contributed by atoms with Crippen LogP contribution in [-0.2, 0) is 6.54 Å². The number of nitrogens with one attached hydrogen (secondary N) is 1. The second kappa shape index (κ2) is 5.80. The van der Waals surface area contributed by atoms with Gasteiger partial charge in [-0.2, -0.15) is 0 Å². The van der Waals surface area contributed by atoms with Gasteiger partial charge in [0.25, 0.3) is 0 Å². The third-order valence-electron chi connectivity index (χ3n) is 2.92. The lowest BCUT2D eigenvalue weighted by molar-refractivity contribution is 0.627. The molecule has 0 heterocycles. The predicted molar refractivity (Wildman–Crippen MR) is 80.8 cm³/mol. The fourth-order valence-electron chi connectivity index (χ4n) is 1.90. The molecule has 2 rings (SSSR count). The molecule has 2 nitrogen and oxygen atoms in total. The van der Waals surface area contributed by atoms with E-state index in [1.165, 1.54) is 12.1 Å². The van der Waals surface area contributed by atoms with Gasteiger partial charge in [0, 0.05) is 17.8 Å². The first-order valence-electron chi connectivity index (χ1n) is 5.95. The molecule has 0 aliphatic rings. The lowest BCUT2D eigenvalue weighted by Crippen LogP contribution is -2.14. The summed E-state index contributed by atoms with van der Waals surface area (Å²) in [5.41, 5.74) is 9.55. The van der Waals surface area contributed by atoms with Gasteiger partial charge in [-0.15, -0.1) is 0 Å². The number of hydrogen-bond donors (Lipinski definition) is 2. The molecule has 0 aromatic heterocycles. The smallest absolute Gasteiger partial charge is 0.123 e. The number of hydrogen-bond acceptors (Lipinski definition) is 2. The quantitative estimate of drug-likeness (QED) is 0.839. The fraction of sp³-hybridized carbons (Fsp3) is 0.133. The number of aryl methyl sites for hydroxylation is 1. The van der Waals surface area contributed by atoms with Gasteiger partial charge >= 0.3 is 0 Å². The summed E-state index contributed by atoms with van der Waals surface area (Å²) >= 11 is 5.05. The first-order valence-corrected chi connectivity index (χ1v) is 6.36. The van der Waals surface area contributed by atoms with Crippen LogP contribution >= 0.6 is 12.2 Å². The monoisotopic (exact) mass is 274 g/mol. The summed E-state index contributed by atoms with van der Waals surface area (Å²) in [6.45, 7) is 2.59. The number of rotatable bonds is 4. The van der Waals surface area contributed by atoms with Crippen molar-refractivity contribution in [3.8, 4) is 0 Å². The average molecular weight is 274 g/mol. The van der Waals surface area contributed by atoms with E-state index in [9.17, 15) is 4.39 Å². The normalized spacial score (nSPS) is 10.2. The van der Waals surface area contributed by atoms with Crippen LogP contribution in [-0.4, -0.2) is 4.99 Å². The molecule has 0 spiro atoms. The standard InChI is InChI=1S/C15H15FN2S/c1-10-3-2-4-13(15(17)19)14(10)18-9-11-5-7-12(16)8-6-11/h2-8,18H,9H2,1H3,(H2,17,19). The first kappa shape index (κ1) is 13.5. The molecular weight excluding hydrogens is 259 g/mol. The molecule has 2 aromatic carbocycles. The zero-order chi connectivity index (χ0) is 13.8. The van der Waals surface area contributed by atoms with E-state index in [4.69, 9.17) is 18.0 Å². The van der Waals surface area contributed by atoms with Crippen LogP contribution in [0.15, 0.2) is 42.5 Å². The molecule has 19 heavy (non-hydrogen) atoms. The van der Waals surface area contributed by atoms with Crippen LogP contribution in [0.3, 0.4) is 0 Å². The number of nitrogens with two attached hydrogens (primary N) is 1. The van der Waals surface area contributed by atoms with Crippen LogP contribution in [0.2, 0.25) is 0 Å². The molecule has 0 saturated heterocycles. The van der Waals surface area contributed by atoms with Crippen LogP contribution in [0.4, 0.5) is 10.1 Å². The minimum Gasteiger partial charge on any atom is -0.389 e. The highest BCUT2D eigenvalue weighted by atomic mass is 32.1. The van der Waals surface area contributed by atoms with Crippen molar-refractivity contribution >= 4 is 22.9 Å². The summed E-state index contributed by atoms with van der Waals surface area (Å²) in [6.07, 6.45) is 0. The second-order valence-corrected chi connectivity index (χ2v) is 4.78. The van der Waals surface area contributed by atoms with Crippen LogP contribution in [0, 0.1) is 12.7 Å². The predicted octanol–water partition coefficient (Wildman–Crippen LogP) is 3.38. The summed E-state index contributed by atoms with van der Waals surface area (Å²) in [4.78, 5) is 0.366. The Morgan fingerprint density at radius 1 is 1.21 bits per heavy atom. The van der Waals surface area contributed by atoms with Gasteiger partial charge in [-0.3, -0.25) is 0 Å². The van der Waals surface area contributed by atoms with Crippen molar-refractivity contribution < 1.29 is 4.39 Å². The van der Waals surface area contributed by atoms with Gasteiger partial charge in [0.2, 0.25) is 0 Å². The van der Waals surface area contributed by atoms with Crippen LogP contribution < -0.4 is 11.1 Å². The van der Waals surface area contributed by atoms with E-state index in [-0.39, 0.29) is 5.82 Å². The van der Waals surface area contributed by atoms with Crippen molar-refractivity contribution in [3.05, 3.63) is 65.0 Å². The van der Waals surface area contributed by atoms with Gasteiger partial charge < -0.3 is 11.1 Å². The molecule has 3 N–H and O–H groups in total. The maximum Gasteiger partial charge on any atom is 0.123 e. The van der Waals surface area contributed by atoms with E-state index in [1.54, 1.807) is 12.1 Å². The molecular formula is C15H15FN2S. The highest BCUT2D eigenvalue weighted by Gasteiger charge is 2.07. The van der Waals surface area contributed by atoms with Crippen LogP contribution in [0.1, 0.15) is 16.7 Å². The highest BCUT2D eigenvalue weighted by molar-refractivity contribution is 7.80. The Labute approximate surface area is 117 Å². The number of halogens is 1. The average Bonchev–Trinajstić information content (AvgIpc) is 2.39. The van der Waals surface area contributed by atoms with Gasteiger partial charge in [-0.25, -0.2) is 4.39 Å². The fourth-order valence-corrected chi connectivity index (χ4v) is 2.07. The molecule has 0 aliphatic heterocycles. The molecule has 2 aromatic rings. The van der Waals surface area contributed by atoms with Crippen molar-refractivity contribution in [1.82, 2.24) is 0 Å². The summed E-state index contributed by atoms with van der Waals surface area (Å²) < 4.78 is 12.8. The van der Waals surface area contributed by atoms with Gasteiger partial charge in [0.1, 0.15) is 10.8 Å². The van der Waals surface area contributed by atoms with E-state index >= 15 is 0 Å². The Morgan fingerprint density at radius 3 is 2.53 bits per heavy atom. The molecule has 0 bridgehead atoms. The molecule has 0 atom stereocenters. The van der Waals surface area contributed by atoms with Gasteiger partial charge in [0.15, 0.2) is 0 Å². The molecule has 0 saturated carbocycles. The largest absolute Gasteiger partial charge is 0.389 e. The molecule has 0 aliphatic carbocycles. The minimum absolute atomic E-state index is 0.233. The van der Waals surface area contributed by atoms with E-state index in [0.29, 0.717) is 11.5 Å². The summed E-state index contributed by atoms with van der Waals surface area (Å²) in [7, 11) is 0. The maximum absolute atomic E-state index is 12.8. The molecule has 0 amide bonds. The third-order valence-corrected chi connectivity index (χ3v) is 3.14. The van der Waals surface area contributed by atoms with Gasteiger partial charge in [-0.1, -0.05) is 36.5 Å². The Hall–Kier alpha value is -1.94. The highest BCUT2D eigenvalue weighted by Crippen LogP contribution is 2.21. The summed E-state index contributed by atoms with van der Waals surface area (Å²) in [5, 5.41) is 3.31. The lowest BCUT2D eigenvalue weighted by atomic mass is 10.1. The maximum atomic E-state index is 12.8. The van der Waals surface area contributed by atoms with Crippen molar-refractivity contribution in [2.45, 2.75) is 13.5 Å². The number of benzene rings is 2. The molecule has 4 heteroatoms. The van der Waals surface area contributed by atoms with E-state index in [1.807, 2.05) is 25.1 Å². The third kappa shape index (κ3) is 3.29. The SMILES string of the molecule is Cc1cccc(C(N)=S)c1NCc1ccc(F)cc1. The van der Waals surface area contributed by atoms with E-state index in [2.05, 4.69) is 5.32 Å². The Morgan fingerprint density at radius 2 is 1.89 bits per heavy atom. The zero-order valence-electron chi connectivity index (χ0n) is 10.6. The summed E-state index contributed by atoms with van der Waals surface area (Å²) in [6, 6.07) is 12.2. The zero-order valence-corrected chi connectivity index (χ0v) is 11.4. The number of anilines is 1. The van der Waals surface area contributed by atoms with E-state index in [0.717, 1.165) is 22.4 Å². The molecule has 0 fully saturated rings. The van der Waals surface area contributed by atoms with Crippen LogP contribution in [0.5, 0.6) is 0 Å². The minimum atomic E-state index is -0.233. The van der Waals surface area contributed by atoms with Gasteiger partial charge in [0.05, 0.1) is 0 Å². The Kier molecular flexibility index (Phi) is 4.12. The second-order valence-electron chi connectivity index (χ2n) is 4.34. The number of para-hydroxylation sites is 1. The topological polar surface area (TPSA) is 38.0 Å². The van der Waals surface area contributed by atoms with Crippen LogP contribution in [0.25, 0.3) is 0 Å².